The Balaban J connectivity index is 1.18. The molecule has 0 atom stereocenters. The molecule has 0 radical (unpaired) electrons. The van der Waals surface area contributed by atoms with Gasteiger partial charge in [0.2, 0.25) is 5.91 Å². The fraction of sp³-hybridized carbons (Fsp3) is 0.385. The van der Waals surface area contributed by atoms with Gasteiger partial charge in [-0.1, -0.05) is 30.3 Å². The number of nitro groups is 1. The lowest BCUT2D eigenvalue weighted by Crippen LogP contribution is -2.37. The largest absolute Gasteiger partial charge is 0.433 e. The average molecular weight is 479 g/mol. The van der Waals surface area contributed by atoms with Gasteiger partial charge in [0.05, 0.1) is 12.7 Å². The van der Waals surface area contributed by atoms with Crippen LogP contribution < -0.4 is 0 Å². The van der Waals surface area contributed by atoms with Crippen LogP contribution in [0.1, 0.15) is 48.7 Å². The number of furan rings is 1. The van der Waals surface area contributed by atoms with E-state index in [9.17, 15) is 14.9 Å². The van der Waals surface area contributed by atoms with Gasteiger partial charge in [0.15, 0.2) is 0 Å². The third-order valence-electron chi connectivity index (χ3n) is 6.15. The van der Waals surface area contributed by atoms with E-state index in [1.54, 1.807) is 4.90 Å². The van der Waals surface area contributed by atoms with Crippen molar-refractivity contribution < 1.29 is 18.9 Å². The Bertz CT molecular complexity index is 1130. The second-order valence-electron chi connectivity index (χ2n) is 8.59. The number of carbonyl (C=O) groups is 1. The minimum Gasteiger partial charge on any atom is -0.401 e. The molecule has 2 aromatic heterocycles. The van der Waals surface area contributed by atoms with Crippen molar-refractivity contribution in [2.24, 2.45) is 0 Å². The van der Waals surface area contributed by atoms with Gasteiger partial charge in [-0.2, -0.15) is 0 Å². The summed E-state index contributed by atoms with van der Waals surface area (Å²) in [5, 5.41) is 10.7. The second-order valence-corrected chi connectivity index (χ2v) is 8.59. The van der Waals surface area contributed by atoms with Crippen molar-refractivity contribution in [2.75, 3.05) is 19.7 Å². The summed E-state index contributed by atoms with van der Waals surface area (Å²) in [4.78, 5) is 29.0. The standard InChI is InChI=1S/C26H30N4O5/c31-24(10-8-23-9-11-25(35-23)30(32)33)28-16-12-22(13-17-28)26-27-14-18-29(26)15-4-5-19-34-20-21-6-2-1-3-7-21/h1-3,6-11,14,18,22H,4-5,12-13,15-17,19-20H2/b10-8+. The molecule has 0 N–H and O–H groups in total. The number of nitrogens with zero attached hydrogens (tertiary/aromatic N) is 4. The Morgan fingerprint density at radius 2 is 1.97 bits per heavy atom. The molecule has 1 fully saturated rings. The molecule has 9 heteroatoms. The highest BCUT2D eigenvalue weighted by Crippen LogP contribution is 2.27. The molecule has 1 saturated heterocycles. The molecule has 3 heterocycles. The predicted molar refractivity (Wildman–Crippen MR) is 131 cm³/mol. The molecule has 4 rings (SSSR count). The smallest absolute Gasteiger partial charge is 0.401 e. The zero-order chi connectivity index (χ0) is 24.5. The molecule has 184 valence electrons. The van der Waals surface area contributed by atoms with E-state index in [2.05, 4.69) is 21.7 Å². The summed E-state index contributed by atoms with van der Waals surface area (Å²) in [7, 11) is 0. The Kier molecular flexibility index (Phi) is 8.45. The fourth-order valence-corrected chi connectivity index (χ4v) is 4.27. The summed E-state index contributed by atoms with van der Waals surface area (Å²) in [6.45, 7) is 3.57. The zero-order valence-corrected chi connectivity index (χ0v) is 19.6. The highest BCUT2D eigenvalue weighted by Gasteiger charge is 2.25. The first-order valence-corrected chi connectivity index (χ1v) is 11.9. The molecule has 0 bridgehead atoms. The van der Waals surface area contributed by atoms with Crippen LogP contribution in [0.15, 0.2) is 65.4 Å². The highest BCUT2D eigenvalue weighted by molar-refractivity contribution is 5.91. The number of aryl methyl sites for hydroxylation is 1. The molecule has 35 heavy (non-hydrogen) atoms. The van der Waals surface area contributed by atoms with Gasteiger partial charge in [0, 0.05) is 50.6 Å². The van der Waals surface area contributed by atoms with Crippen LogP contribution in [0, 0.1) is 10.1 Å². The van der Waals surface area contributed by atoms with Crippen molar-refractivity contribution in [2.45, 2.75) is 44.8 Å². The molecule has 1 aliphatic heterocycles. The van der Waals surface area contributed by atoms with Gasteiger partial charge in [-0.05, 0) is 43.4 Å². The average Bonchev–Trinajstić information content (AvgIpc) is 3.55. The molecule has 9 nitrogen and oxygen atoms in total. The van der Waals surface area contributed by atoms with Crippen LogP contribution in [-0.2, 0) is 22.7 Å². The molecule has 3 aromatic rings. The SMILES string of the molecule is O=C(/C=C/c1ccc([N+](=O)[O-])o1)N1CCC(c2nccn2CCCCOCc2ccccc2)CC1. The third-order valence-corrected chi connectivity index (χ3v) is 6.15. The fourth-order valence-electron chi connectivity index (χ4n) is 4.27. The summed E-state index contributed by atoms with van der Waals surface area (Å²) >= 11 is 0. The minimum absolute atomic E-state index is 0.124. The van der Waals surface area contributed by atoms with Gasteiger partial charge in [-0.3, -0.25) is 14.9 Å². The van der Waals surface area contributed by atoms with Gasteiger partial charge >= 0.3 is 5.88 Å². The van der Waals surface area contributed by atoms with Gasteiger partial charge in [-0.15, -0.1) is 0 Å². The lowest BCUT2D eigenvalue weighted by atomic mass is 9.95. The van der Waals surface area contributed by atoms with Crippen LogP contribution >= 0.6 is 0 Å². The van der Waals surface area contributed by atoms with E-state index in [1.165, 1.54) is 29.8 Å². The Hall–Kier alpha value is -3.72. The Labute approximate surface area is 204 Å². The number of piperidine rings is 1. The molecular weight excluding hydrogens is 448 g/mol. The number of likely N-dealkylation sites (tertiary alicyclic amines) is 1. The van der Waals surface area contributed by atoms with Gasteiger partial charge in [0.1, 0.15) is 16.5 Å². The lowest BCUT2D eigenvalue weighted by molar-refractivity contribution is -0.402. The van der Waals surface area contributed by atoms with Gasteiger partial charge < -0.3 is 18.6 Å². The summed E-state index contributed by atoms with van der Waals surface area (Å²) in [5.74, 6) is 1.22. The molecule has 0 aliphatic carbocycles. The molecule has 1 aliphatic rings. The number of ether oxygens (including phenoxy) is 1. The van der Waals surface area contributed by atoms with E-state index in [1.807, 2.05) is 30.6 Å². The quantitative estimate of drug-likeness (QED) is 0.170. The van der Waals surface area contributed by atoms with E-state index in [-0.39, 0.29) is 17.6 Å². The molecule has 0 unspecified atom stereocenters. The molecule has 1 amide bonds. The molecule has 0 spiro atoms. The van der Waals surface area contributed by atoms with E-state index >= 15 is 0 Å². The number of unbranched alkanes of at least 4 members (excludes halogenated alkanes) is 1. The number of benzene rings is 1. The number of hydrogen-bond acceptors (Lipinski definition) is 6. The molecular formula is C26H30N4O5. The number of hydrogen-bond donors (Lipinski definition) is 0. The summed E-state index contributed by atoms with van der Waals surface area (Å²) in [5.41, 5.74) is 1.19. The van der Waals surface area contributed by atoms with Crippen molar-refractivity contribution in [3.8, 4) is 0 Å². The van der Waals surface area contributed by atoms with Crippen molar-refractivity contribution in [1.82, 2.24) is 14.5 Å². The normalized spacial score (nSPS) is 14.6. The maximum Gasteiger partial charge on any atom is 0.433 e. The van der Waals surface area contributed by atoms with E-state index in [0.29, 0.717) is 25.6 Å². The van der Waals surface area contributed by atoms with Crippen LogP contribution in [0.4, 0.5) is 5.88 Å². The van der Waals surface area contributed by atoms with E-state index in [4.69, 9.17) is 9.15 Å². The van der Waals surface area contributed by atoms with Crippen molar-refractivity contribution >= 4 is 17.9 Å². The van der Waals surface area contributed by atoms with E-state index in [0.717, 1.165) is 44.7 Å². The van der Waals surface area contributed by atoms with Crippen LogP contribution in [-0.4, -0.2) is 45.0 Å². The maximum absolute atomic E-state index is 12.5. The van der Waals surface area contributed by atoms with Crippen LogP contribution in [0.5, 0.6) is 0 Å². The Morgan fingerprint density at radius 1 is 1.17 bits per heavy atom. The number of carbonyl (C=O) groups excluding carboxylic acids is 1. The minimum atomic E-state index is -0.604. The zero-order valence-electron chi connectivity index (χ0n) is 19.6. The third kappa shape index (κ3) is 6.89. The van der Waals surface area contributed by atoms with Crippen LogP contribution in [0.3, 0.4) is 0 Å². The topological polar surface area (TPSA) is 104 Å². The number of amides is 1. The van der Waals surface area contributed by atoms with Gasteiger partial charge in [0.25, 0.3) is 0 Å². The van der Waals surface area contributed by atoms with Crippen molar-refractivity contribution in [1.29, 1.82) is 0 Å². The number of aromatic nitrogens is 2. The van der Waals surface area contributed by atoms with E-state index < -0.39 is 4.92 Å². The van der Waals surface area contributed by atoms with Crippen LogP contribution in [0.2, 0.25) is 0 Å². The summed E-state index contributed by atoms with van der Waals surface area (Å²) < 4.78 is 13.1. The second kappa shape index (κ2) is 12.1. The first-order valence-electron chi connectivity index (χ1n) is 11.9. The van der Waals surface area contributed by atoms with Crippen molar-refractivity contribution in [3.63, 3.8) is 0 Å². The Morgan fingerprint density at radius 3 is 2.71 bits per heavy atom. The lowest BCUT2D eigenvalue weighted by Gasteiger charge is -2.31. The molecule has 0 saturated carbocycles. The summed E-state index contributed by atoms with van der Waals surface area (Å²) in [6, 6.07) is 12.9. The predicted octanol–water partition coefficient (Wildman–Crippen LogP) is 4.80. The summed E-state index contributed by atoms with van der Waals surface area (Å²) in [6.07, 6.45) is 10.5. The van der Waals surface area contributed by atoms with Crippen molar-refractivity contribution in [3.05, 3.63) is 88.2 Å². The van der Waals surface area contributed by atoms with Crippen LogP contribution in [0.25, 0.3) is 6.08 Å². The number of rotatable bonds is 11. The first-order chi connectivity index (χ1) is 17.1. The highest BCUT2D eigenvalue weighted by atomic mass is 16.6. The monoisotopic (exact) mass is 478 g/mol. The first kappa shape index (κ1) is 24.4. The van der Waals surface area contributed by atoms with Gasteiger partial charge in [-0.25, -0.2) is 4.98 Å². The maximum atomic E-state index is 12.5. The number of imidazole rings is 1. The molecule has 1 aromatic carbocycles.